The molecule has 1 aromatic rings. The summed E-state index contributed by atoms with van der Waals surface area (Å²) in [6, 6.07) is 4.73. The zero-order valence-electron chi connectivity index (χ0n) is 11.0. The van der Waals surface area contributed by atoms with Crippen LogP contribution >= 0.6 is 15.9 Å². The summed E-state index contributed by atoms with van der Waals surface area (Å²) in [6.07, 6.45) is -0.583. The number of ether oxygens (including phenoxy) is 1. The number of rotatable bonds is 3. The van der Waals surface area contributed by atoms with Gasteiger partial charge in [0, 0.05) is 23.6 Å². The maximum atomic E-state index is 13.7. The summed E-state index contributed by atoms with van der Waals surface area (Å²) in [4.78, 5) is 14.5. The number of benzene rings is 1. The van der Waals surface area contributed by atoms with E-state index in [4.69, 9.17) is 4.74 Å². The van der Waals surface area contributed by atoms with Crippen molar-refractivity contribution >= 4 is 21.7 Å². The van der Waals surface area contributed by atoms with Crippen molar-refractivity contribution < 1.29 is 13.9 Å². The lowest BCUT2D eigenvalue weighted by molar-refractivity contribution is -0.0257. The van der Waals surface area contributed by atoms with E-state index in [1.165, 1.54) is 12.1 Å². The molecule has 1 aliphatic rings. The van der Waals surface area contributed by atoms with Gasteiger partial charge < -0.3 is 4.74 Å². The number of ketones is 1. The molecule has 0 radical (unpaired) electrons. The molecule has 0 N–H and O–H groups in total. The Morgan fingerprint density at radius 3 is 2.95 bits per heavy atom. The summed E-state index contributed by atoms with van der Waals surface area (Å²) in [5.41, 5.74) is 0.0879. The molecule has 1 saturated heterocycles. The zero-order chi connectivity index (χ0) is 14.0. The fraction of sp³-hybridized carbons (Fsp3) is 0.500. The van der Waals surface area contributed by atoms with Crippen molar-refractivity contribution in [1.82, 2.24) is 4.90 Å². The number of hydrogen-bond acceptors (Lipinski definition) is 3. The van der Waals surface area contributed by atoms with Crippen molar-refractivity contribution in [3.63, 3.8) is 0 Å². The van der Waals surface area contributed by atoms with Crippen LogP contribution < -0.4 is 0 Å². The van der Waals surface area contributed by atoms with Gasteiger partial charge in [0.1, 0.15) is 11.9 Å². The fourth-order valence-electron chi connectivity index (χ4n) is 2.16. The second-order valence-electron chi connectivity index (χ2n) is 4.94. The van der Waals surface area contributed by atoms with E-state index in [1.54, 1.807) is 6.07 Å². The van der Waals surface area contributed by atoms with Crippen LogP contribution in [0.1, 0.15) is 24.2 Å². The summed E-state index contributed by atoms with van der Waals surface area (Å²) in [5.74, 6) is -0.789. The molecule has 1 fully saturated rings. The van der Waals surface area contributed by atoms with Crippen molar-refractivity contribution in [2.24, 2.45) is 0 Å². The Balaban J connectivity index is 2.17. The second kappa shape index (κ2) is 6.11. The minimum absolute atomic E-state index is 0.0879. The van der Waals surface area contributed by atoms with Crippen LogP contribution in [0.2, 0.25) is 0 Å². The van der Waals surface area contributed by atoms with E-state index in [-0.39, 0.29) is 11.3 Å². The SMILES string of the molecule is CC(C)N1CCOC(C(=O)c2cc(Br)ccc2F)C1. The second-order valence-corrected chi connectivity index (χ2v) is 5.85. The molecule has 1 atom stereocenters. The van der Waals surface area contributed by atoms with E-state index >= 15 is 0 Å². The Bertz CT molecular complexity index is 479. The van der Waals surface area contributed by atoms with E-state index in [0.717, 1.165) is 6.54 Å². The van der Waals surface area contributed by atoms with Crippen molar-refractivity contribution in [3.05, 3.63) is 34.1 Å². The van der Waals surface area contributed by atoms with Crippen LogP contribution in [0.25, 0.3) is 0 Å². The zero-order valence-corrected chi connectivity index (χ0v) is 12.6. The van der Waals surface area contributed by atoms with Gasteiger partial charge in [0.25, 0.3) is 0 Å². The number of morpholine rings is 1. The van der Waals surface area contributed by atoms with Gasteiger partial charge in [-0.15, -0.1) is 0 Å². The maximum absolute atomic E-state index is 13.7. The smallest absolute Gasteiger partial charge is 0.195 e. The predicted molar refractivity (Wildman–Crippen MR) is 74.9 cm³/mol. The summed E-state index contributed by atoms with van der Waals surface area (Å²) >= 11 is 3.25. The topological polar surface area (TPSA) is 29.5 Å². The third kappa shape index (κ3) is 3.41. The first kappa shape index (κ1) is 14.6. The van der Waals surface area contributed by atoms with Gasteiger partial charge in [-0.05, 0) is 32.0 Å². The molecule has 1 aromatic carbocycles. The molecule has 0 aliphatic carbocycles. The lowest BCUT2D eigenvalue weighted by Gasteiger charge is -2.34. The minimum Gasteiger partial charge on any atom is -0.367 e. The highest BCUT2D eigenvalue weighted by atomic mass is 79.9. The van der Waals surface area contributed by atoms with Gasteiger partial charge in [0.15, 0.2) is 5.78 Å². The Kier molecular flexibility index (Phi) is 4.71. The van der Waals surface area contributed by atoms with E-state index in [1.807, 2.05) is 0 Å². The first-order chi connectivity index (χ1) is 8.99. The summed E-state index contributed by atoms with van der Waals surface area (Å²) in [7, 11) is 0. The van der Waals surface area contributed by atoms with Crippen molar-refractivity contribution in [1.29, 1.82) is 0 Å². The summed E-state index contributed by atoms with van der Waals surface area (Å²) in [5, 5.41) is 0. The van der Waals surface area contributed by atoms with Crippen LogP contribution in [-0.4, -0.2) is 42.5 Å². The highest BCUT2D eigenvalue weighted by Gasteiger charge is 2.30. The first-order valence-corrected chi connectivity index (χ1v) is 7.13. The number of Topliss-reactive ketones (excluding diaryl/α,β-unsaturated/α-hetero) is 1. The highest BCUT2D eigenvalue weighted by molar-refractivity contribution is 9.10. The lowest BCUT2D eigenvalue weighted by Crippen LogP contribution is -2.48. The van der Waals surface area contributed by atoms with Crippen LogP contribution in [0, 0.1) is 5.82 Å². The molecule has 104 valence electrons. The summed E-state index contributed by atoms with van der Waals surface area (Å²) < 4.78 is 19.9. The Labute approximate surface area is 120 Å². The molecular weight excluding hydrogens is 313 g/mol. The molecule has 0 aromatic heterocycles. The number of nitrogens with zero attached hydrogens (tertiary/aromatic N) is 1. The third-order valence-electron chi connectivity index (χ3n) is 3.31. The molecule has 5 heteroatoms. The number of halogens is 2. The van der Waals surface area contributed by atoms with Crippen LogP contribution in [0.15, 0.2) is 22.7 Å². The largest absolute Gasteiger partial charge is 0.367 e. The van der Waals surface area contributed by atoms with E-state index in [2.05, 4.69) is 34.7 Å². The molecule has 3 nitrogen and oxygen atoms in total. The number of hydrogen-bond donors (Lipinski definition) is 0. The monoisotopic (exact) mass is 329 g/mol. The molecule has 2 rings (SSSR count). The molecule has 0 spiro atoms. The van der Waals surface area contributed by atoms with Gasteiger partial charge in [-0.3, -0.25) is 9.69 Å². The van der Waals surface area contributed by atoms with Gasteiger partial charge in [0.2, 0.25) is 0 Å². The van der Waals surface area contributed by atoms with Gasteiger partial charge in [-0.25, -0.2) is 4.39 Å². The highest BCUT2D eigenvalue weighted by Crippen LogP contribution is 2.20. The molecular formula is C14H17BrFNO2. The average molecular weight is 330 g/mol. The van der Waals surface area contributed by atoms with Crippen molar-refractivity contribution in [2.45, 2.75) is 26.0 Å². The van der Waals surface area contributed by atoms with Crippen LogP contribution in [0.3, 0.4) is 0 Å². The van der Waals surface area contributed by atoms with Crippen LogP contribution in [0.4, 0.5) is 4.39 Å². The Hall–Kier alpha value is -0.780. The molecule has 1 aliphatic heterocycles. The quantitative estimate of drug-likeness (QED) is 0.798. The fourth-order valence-corrected chi connectivity index (χ4v) is 2.52. The van der Waals surface area contributed by atoms with E-state index in [9.17, 15) is 9.18 Å². The number of carbonyl (C=O) groups is 1. The lowest BCUT2D eigenvalue weighted by atomic mass is 10.0. The van der Waals surface area contributed by atoms with E-state index < -0.39 is 11.9 Å². The predicted octanol–water partition coefficient (Wildman–Crippen LogP) is 2.88. The average Bonchev–Trinajstić information content (AvgIpc) is 2.41. The van der Waals surface area contributed by atoms with Gasteiger partial charge in [0.05, 0.1) is 12.2 Å². The normalized spacial score (nSPS) is 20.8. The first-order valence-electron chi connectivity index (χ1n) is 6.34. The Morgan fingerprint density at radius 1 is 1.53 bits per heavy atom. The minimum atomic E-state index is -0.583. The van der Waals surface area contributed by atoms with Gasteiger partial charge in [-0.1, -0.05) is 15.9 Å². The molecule has 1 unspecified atom stereocenters. The third-order valence-corrected chi connectivity index (χ3v) is 3.81. The van der Waals surface area contributed by atoms with Gasteiger partial charge in [-0.2, -0.15) is 0 Å². The molecule has 0 bridgehead atoms. The molecule has 0 amide bonds. The van der Waals surface area contributed by atoms with E-state index in [0.29, 0.717) is 23.7 Å². The van der Waals surface area contributed by atoms with Crippen LogP contribution in [0.5, 0.6) is 0 Å². The standard InChI is InChI=1S/C14H17BrFNO2/c1-9(2)17-5-6-19-13(8-17)14(18)11-7-10(15)3-4-12(11)16/h3-4,7,9,13H,5-6,8H2,1-2H3. The molecule has 0 saturated carbocycles. The number of carbonyl (C=O) groups excluding carboxylic acids is 1. The maximum Gasteiger partial charge on any atom is 0.195 e. The van der Waals surface area contributed by atoms with Crippen molar-refractivity contribution in [3.8, 4) is 0 Å². The van der Waals surface area contributed by atoms with Gasteiger partial charge >= 0.3 is 0 Å². The molecule has 19 heavy (non-hydrogen) atoms. The van der Waals surface area contributed by atoms with Crippen LogP contribution in [-0.2, 0) is 4.74 Å². The molecule has 1 heterocycles. The summed E-state index contributed by atoms with van der Waals surface area (Å²) in [6.45, 7) is 5.98. The Morgan fingerprint density at radius 2 is 2.26 bits per heavy atom. The van der Waals surface area contributed by atoms with Crippen molar-refractivity contribution in [2.75, 3.05) is 19.7 Å².